The summed E-state index contributed by atoms with van der Waals surface area (Å²) in [5.74, 6) is 0. The van der Waals surface area contributed by atoms with Crippen LogP contribution >= 0.6 is 17.6 Å². The van der Waals surface area contributed by atoms with Gasteiger partial charge in [0.2, 0.25) is 6.67 Å². The molecule has 0 amide bonds. The molecule has 6 rings (SSSR count). The first-order chi connectivity index (χ1) is 22.3. The Morgan fingerprint density at radius 1 is 0.565 bits per heavy atom. The summed E-state index contributed by atoms with van der Waals surface area (Å²) in [5.41, 5.74) is 14.1. The van der Waals surface area contributed by atoms with E-state index in [-0.39, 0.29) is 0 Å². The maximum absolute atomic E-state index is 7.50. The number of halogens is 1. The van der Waals surface area contributed by atoms with Gasteiger partial charge < -0.3 is 9.80 Å². The minimum atomic E-state index is 0.385. The summed E-state index contributed by atoms with van der Waals surface area (Å²) in [6, 6.07) is 9.04. The Morgan fingerprint density at radius 3 is 1.09 bits per heavy atom. The number of aryl methyl sites for hydroxylation is 6. The summed E-state index contributed by atoms with van der Waals surface area (Å²) in [6.45, 7) is 23.2. The first-order valence-electron chi connectivity index (χ1n) is 17.9. The SMILES string of the molecule is C1CCC(P(C2CCCCC2)C2CCCCC2)CC1.Cc1cc(C)c(N2[C]N(c3c(C)cc(C)cc3C)CC2)c(C)c1.[C-]#[O+].[Cl][Ru]. The van der Waals surface area contributed by atoms with Crippen LogP contribution in [0.4, 0.5) is 11.4 Å². The van der Waals surface area contributed by atoms with Gasteiger partial charge in [0.1, 0.15) is 0 Å². The normalized spacial score (nSPS) is 19.5. The number of hydrogen-bond donors (Lipinski definition) is 0. The van der Waals surface area contributed by atoms with Gasteiger partial charge >= 0.3 is 38.3 Å². The second kappa shape index (κ2) is 20.6. The van der Waals surface area contributed by atoms with E-state index in [1.165, 1.54) is 81.0 Å². The topological polar surface area (TPSA) is 26.4 Å². The van der Waals surface area contributed by atoms with Crippen molar-refractivity contribution < 1.29 is 22.0 Å². The van der Waals surface area contributed by atoms with Crippen molar-refractivity contribution in [1.82, 2.24) is 0 Å². The van der Waals surface area contributed by atoms with Crippen molar-refractivity contribution in [2.75, 3.05) is 22.9 Å². The van der Waals surface area contributed by atoms with E-state index < -0.39 is 0 Å². The maximum atomic E-state index is 7.50. The van der Waals surface area contributed by atoms with E-state index in [1.54, 1.807) is 77.0 Å². The molecule has 3 aliphatic carbocycles. The van der Waals surface area contributed by atoms with Gasteiger partial charge in [-0.3, -0.25) is 0 Å². The van der Waals surface area contributed by atoms with Gasteiger partial charge in [-0.1, -0.05) is 101 Å². The molecule has 6 heteroatoms. The van der Waals surface area contributed by atoms with Gasteiger partial charge in [0.05, 0.1) is 0 Å². The van der Waals surface area contributed by atoms with Crippen molar-refractivity contribution in [2.45, 2.75) is 155 Å². The molecule has 0 spiro atoms. The third kappa shape index (κ3) is 10.8. The molecule has 1 aliphatic heterocycles. The van der Waals surface area contributed by atoms with Gasteiger partial charge in [-0.15, -0.1) is 0 Å². The van der Waals surface area contributed by atoms with Crippen LogP contribution < -0.4 is 9.80 Å². The fraction of sp³-hybridized carbons (Fsp3) is 0.650. The van der Waals surface area contributed by atoms with Gasteiger partial charge in [-0.25, -0.2) is 0 Å². The molecule has 1 heterocycles. The third-order valence-corrected chi connectivity index (χ3v) is 14.7. The molecular weight excluding hydrogens is 692 g/mol. The molecule has 4 fully saturated rings. The Morgan fingerprint density at radius 2 is 0.826 bits per heavy atom. The average Bonchev–Trinajstić information content (AvgIpc) is 3.53. The van der Waals surface area contributed by atoms with Crippen LogP contribution in [-0.4, -0.2) is 30.1 Å². The van der Waals surface area contributed by atoms with E-state index in [4.69, 9.17) is 4.65 Å². The molecule has 3 saturated carbocycles. The molecular formula is C40H59ClN2OPRu. The second-order valence-corrected chi connectivity index (χ2v) is 17.3. The van der Waals surface area contributed by atoms with Gasteiger partial charge in [0, 0.05) is 24.5 Å². The third-order valence-electron chi connectivity index (χ3n) is 10.6. The van der Waals surface area contributed by atoms with Crippen LogP contribution in [0.2, 0.25) is 0 Å². The number of benzene rings is 2. The Balaban J connectivity index is 0.000000229. The van der Waals surface area contributed by atoms with Crippen LogP contribution in [0.25, 0.3) is 0 Å². The molecule has 4 aliphatic rings. The summed E-state index contributed by atoms with van der Waals surface area (Å²) in [7, 11) is 4.95. The van der Waals surface area contributed by atoms with E-state index in [2.05, 4.69) is 98.6 Å². The monoisotopic (exact) mass is 751 g/mol. The summed E-state index contributed by atoms with van der Waals surface area (Å²) in [6.07, 6.45) is 23.6. The molecule has 0 unspecified atom stereocenters. The van der Waals surface area contributed by atoms with Gasteiger partial charge in [0.15, 0.2) is 0 Å². The number of anilines is 2. The van der Waals surface area contributed by atoms with Crippen LogP contribution in [0.1, 0.15) is 130 Å². The van der Waals surface area contributed by atoms with E-state index >= 15 is 0 Å². The molecule has 0 atom stereocenters. The van der Waals surface area contributed by atoms with E-state index in [1.807, 2.05) is 17.3 Å². The number of nitrogens with zero attached hydrogens (tertiary/aromatic N) is 2. The van der Waals surface area contributed by atoms with Crippen LogP contribution in [0, 0.1) is 54.9 Å². The molecule has 3 nitrogen and oxygen atoms in total. The molecule has 255 valence electrons. The van der Waals surface area contributed by atoms with Crippen molar-refractivity contribution in [3.8, 4) is 0 Å². The standard InChI is InChI=1S/C21H26N2.C18H33P.CO.ClH.Ru/c1-14-9-16(3)20(17(4)10-14)22-7-8-23(13-22)21-18(5)11-15(2)12-19(21)6;1-4-10-16(11-5-1)19(17-12-6-2-7-13-17)18-14-8-3-9-15-18;1-2;;/h9-12H,7-8H2,1-6H3;16-18H,1-15H2;;1H;/q;;;;+1/p-1. The molecule has 0 aromatic heterocycles. The van der Waals surface area contributed by atoms with Gasteiger partial charge in [-0.05, 0) is 119 Å². The molecule has 46 heavy (non-hydrogen) atoms. The number of rotatable bonds is 5. The zero-order valence-electron chi connectivity index (χ0n) is 29.5. The zero-order chi connectivity index (χ0) is 33.6. The van der Waals surface area contributed by atoms with Crippen molar-refractivity contribution in [3.63, 3.8) is 0 Å². The van der Waals surface area contributed by atoms with Crippen LogP contribution in [0.15, 0.2) is 24.3 Å². The van der Waals surface area contributed by atoms with Crippen LogP contribution in [-0.2, 0) is 22.0 Å². The fourth-order valence-electron chi connectivity index (χ4n) is 9.00. The van der Waals surface area contributed by atoms with E-state index in [0.29, 0.717) is 7.92 Å². The minimum absolute atomic E-state index is 0.385. The molecule has 1 saturated heterocycles. The quantitative estimate of drug-likeness (QED) is 0.132. The van der Waals surface area contributed by atoms with E-state index in [0.717, 1.165) is 13.1 Å². The molecule has 2 aromatic rings. The summed E-state index contributed by atoms with van der Waals surface area (Å²) in [4.78, 5) is 4.56. The summed E-state index contributed by atoms with van der Waals surface area (Å²) in [5, 5.41) is 0. The fourth-order valence-corrected chi connectivity index (χ4v) is 13.7. The zero-order valence-corrected chi connectivity index (χ0v) is 32.9. The van der Waals surface area contributed by atoms with E-state index in [9.17, 15) is 0 Å². The van der Waals surface area contributed by atoms with Crippen molar-refractivity contribution in [3.05, 3.63) is 71.0 Å². The second-order valence-electron chi connectivity index (χ2n) is 14.2. The van der Waals surface area contributed by atoms with Crippen LogP contribution in [0.3, 0.4) is 0 Å². The van der Waals surface area contributed by atoms with Crippen molar-refractivity contribution >= 4 is 29.0 Å². The Labute approximate surface area is 298 Å². The first kappa shape index (κ1) is 39.6. The predicted molar refractivity (Wildman–Crippen MR) is 197 cm³/mol. The Kier molecular flexibility index (Phi) is 17.7. The molecule has 0 N–H and O–H groups in total. The first-order valence-corrected chi connectivity index (χ1v) is 21.7. The summed E-state index contributed by atoms with van der Waals surface area (Å²) < 4.78 is 7.50. The Hall–Kier alpha value is -0.877. The Bertz CT molecular complexity index is 1060. The molecule has 2 aromatic carbocycles. The van der Waals surface area contributed by atoms with Crippen molar-refractivity contribution in [1.29, 1.82) is 0 Å². The molecule has 2 radical (unpaired) electrons. The number of hydrogen-bond acceptors (Lipinski definition) is 2. The average molecular weight is 751 g/mol. The van der Waals surface area contributed by atoms with Crippen LogP contribution in [0.5, 0.6) is 0 Å². The van der Waals surface area contributed by atoms with Gasteiger partial charge in [-0.2, -0.15) is 0 Å². The van der Waals surface area contributed by atoms with Gasteiger partial charge in [0.25, 0.3) is 0 Å². The summed E-state index contributed by atoms with van der Waals surface area (Å²) >= 11 is 1.82. The predicted octanol–water partition coefficient (Wildman–Crippen LogP) is 12.0. The molecule has 0 bridgehead atoms. The van der Waals surface area contributed by atoms with Crippen molar-refractivity contribution in [2.24, 2.45) is 0 Å².